The zero-order chi connectivity index (χ0) is 16.1. The lowest BCUT2D eigenvalue weighted by Gasteiger charge is -2.30. The summed E-state index contributed by atoms with van der Waals surface area (Å²) in [5, 5.41) is 10.8. The van der Waals surface area contributed by atoms with Crippen molar-refractivity contribution in [1.82, 2.24) is 4.90 Å². The molecule has 23 heavy (non-hydrogen) atoms. The molecule has 0 amide bonds. The summed E-state index contributed by atoms with van der Waals surface area (Å²) in [4.78, 5) is 17.5. The first-order valence-corrected chi connectivity index (χ1v) is 7.87. The molecule has 5 nitrogen and oxygen atoms in total. The van der Waals surface area contributed by atoms with Crippen molar-refractivity contribution in [3.8, 4) is 0 Å². The molecule has 0 bridgehead atoms. The molecule has 118 valence electrons. The predicted octanol–water partition coefficient (Wildman–Crippen LogP) is 4.16. The number of benzene rings is 2. The van der Waals surface area contributed by atoms with Crippen molar-refractivity contribution in [2.24, 2.45) is 4.99 Å². The number of aliphatic imine (C=N–C) groups is 1. The van der Waals surface area contributed by atoms with Crippen molar-refractivity contribution in [2.75, 3.05) is 13.1 Å². The molecule has 1 fully saturated rings. The first-order chi connectivity index (χ1) is 11.2. The van der Waals surface area contributed by atoms with Gasteiger partial charge in [0.25, 0.3) is 5.69 Å². The molecular weight excluding hydrogens is 290 g/mol. The van der Waals surface area contributed by atoms with Gasteiger partial charge in [0.15, 0.2) is 0 Å². The third kappa shape index (κ3) is 3.74. The third-order valence-electron chi connectivity index (χ3n) is 3.98. The van der Waals surface area contributed by atoms with E-state index in [0.29, 0.717) is 0 Å². The van der Waals surface area contributed by atoms with Crippen LogP contribution in [-0.4, -0.2) is 28.7 Å². The maximum atomic E-state index is 10.8. The molecule has 2 aromatic carbocycles. The van der Waals surface area contributed by atoms with Gasteiger partial charge >= 0.3 is 0 Å². The van der Waals surface area contributed by atoms with Crippen LogP contribution in [-0.2, 0) is 0 Å². The van der Waals surface area contributed by atoms with E-state index < -0.39 is 0 Å². The van der Waals surface area contributed by atoms with Crippen LogP contribution in [0.3, 0.4) is 0 Å². The standard InChI is InChI=1S/C18H19N3O2/c22-21(23)17-11-9-15(10-12-17)18(20-13-5-2-6-14-20)19-16-7-3-1-4-8-16/h1,3-4,7-12H,2,5-6,13-14H2. The van der Waals surface area contributed by atoms with Gasteiger partial charge in [0, 0.05) is 30.8 Å². The second-order valence-electron chi connectivity index (χ2n) is 5.62. The van der Waals surface area contributed by atoms with Crippen LogP contribution in [0.1, 0.15) is 24.8 Å². The molecule has 1 heterocycles. The molecule has 1 saturated heterocycles. The van der Waals surface area contributed by atoms with Gasteiger partial charge in [-0.1, -0.05) is 18.2 Å². The first-order valence-electron chi connectivity index (χ1n) is 7.87. The quantitative estimate of drug-likeness (QED) is 0.370. The lowest BCUT2D eigenvalue weighted by Crippen LogP contribution is -2.36. The largest absolute Gasteiger partial charge is 0.356 e. The van der Waals surface area contributed by atoms with Crippen LogP contribution >= 0.6 is 0 Å². The number of nitro benzene ring substituents is 1. The van der Waals surface area contributed by atoms with Crippen molar-refractivity contribution >= 4 is 17.2 Å². The number of amidine groups is 1. The van der Waals surface area contributed by atoms with E-state index in [2.05, 4.69) is 4.90 Å². The molecule has 0 aromatic heterocycles. The number of non-ortho nitro benzene ring substituents is 1. The smallest absolute Gasteiger partial charge is 0.269 e. The zero-order valence-corrected chi connectivity index (χ0v) is 12.9. The number of para-hydroxylation sites is 1. The van der Waals surface area contributed by atoms with Crippen molar-refractivity contribution in [2.45, 2.75) is 19.3 Å². The number of rotatable bonds is 3. The van der Waals surface area contributed by atoms with Crippen molar-refractivity contribution < 1.29 is 4.92 Å². The van der Waals surface area contributed by atoms with Gasteiger partial charge in [-0.15, -0.1) is 0 Å². The number of hydrogen-bond donors (Lipinski definition) is 0. The molecule has 1 aliphatic rings. The molecule has 3 rings (SSSR count). The minimum atomic E-state index is -0.376. The summed E-state index contributed by atoms with van der Waals surface area (Å²) in [6.07, 6.45) is 3.55. The zero-order valence-electron chi connectivity index (χ0n) is 12.9. The lowest BCUT2D eigenvalue weighted by molar-refractivity contribution is -0.384. The van der Waals surface area contributed by atoms with Crippen LogP contribution in [0.5, 0.6) is 0 Å². The monoisotopic (exact) mass is 309 g/mol. The fourth-order valence-electron chi connectivity index (χ4n) is 2.78. The SMILES string of the molecule is O=[N+]([O-])c1ccc(C(=Nc2ccccc2)N2CCCCC2)cc1. The average molecular weight is 309 g/mol. The minimum Gasteiger partial charge on any atom is -0.356 e. The van der Waals surface area contributed by atoms with Crippen molar-refractivity contribution in [3.63, 3.8) is 0 Å². The van der Waals surface area contributed by atoms with Gasteiger partial charge in [-0.05, 0) is 43.5 Å². The molecule has 0 spiro atoms. The van der Waals surface area contributed by atoms with Crippen LogP contribution in [0.15, 0.2) is 59.6 Å². The van der Waals surface area contributed by atoms with Gasteiger partial charge < -0.3 is 4.90 Å². The number of likely N-dealkylation sites (tertiary alicyclic amines) is 1. The summed E-state index contributed by atoms with van der Waals surface area (Å²) in [6, 6.07) is 16.5. The Hall–Kier alpha value is -2.69. The summed E-state index contributed by atoms with van der Waals surface area (Å²) < 4.78 is 0. The molecule has 5 heteroatoms. The fraction of sp³-hybridized carbons (Fsp3) is 0.278. The molecule has 2 aromatic rings. The van der Waals surface area contributed by atoms with Gasteiger partial charge in [0.2, 0.25) is 0 Å². The molecule has 0 atom stereocenters. The Morgan fingerprint density at radius 1 is 0.957 bits per heavy atom. The summed E-state index contributed by atoms with van der Waals surface area (Å²) in [6.45, 7) is 1.95. The number of nitrogens with zero attached hydrogens (tertiary/aromatic N) is 3. The van der Waals surface area contributed by atoms with E-state index in [1.807, 2.05) is 30.3 Å². The van der Waals surface area contributed by atoms with Crippen LogP contribution < -0.4 is 0 Å². The second kappa shape index (κ2) is 7.05. The van der Waals surface area contributed by atoms with Gasteiger partial charge in [0.05, 0.1) is 10.6 Å². The summed E-state index contributed by atoms with van der Waals surface area (Å²) in [5.41, 5.74) is 1.92. The highest BCUT2D eigenvalue weighted by atomic mass is 16.6. The molecule has 0 N–H and O–H groups in total. The molecule has 0 aliphatic carbocycles. The van der Waals surface area contributed by atoms with E-state index in [1.165, 1.54) is 6.42 Å². The van der Waals surface area contributed by atoms with Gasteiger partial charge in [-0.2, -0.15) is 0 Å². The lowest BCUT2D eigenvalue weighted by atomic mass is 10.1. The fourth-order valence-corrected chi connectivity index (χ4v) is 2.78. The Morgan fingerprint density at radius 2 is 1.61 bits per heavy atom. The first kappa shape index (κ1) is 15.2. The van der Waals surface area contributed by atoms with Crippen LogP contribution in [0.2, 0.25) is 0 Å². The molecule has 0 radical (unpaired) electrons. The third-order valence-corrected chi connectivity index (χ3v) is 3.98. The van der Waals surface area contributed by atoms with Crippen molar-refractivity contribution in [3.05, 3.63) is 70.3 Å². The van der Waals surface area contributed by atoms with E-state index in [1.54, 1.807) is 24.3 Å². The number of nitro groups is 1. The average Bonchev–Trinajstić information content (AvgIpc) is 2.61. The van der Waals surface area contributed by atoms with Crippen LogP contribution in [0.25, 0.3) is 0 Å². The second-order valence-corrected chi connectivity index (χ2v) is 5.62. The molecule has 0 unspecified atom stereocenters. The Kier molecular flexibility index (Phi) is 4.66. The maximum absolute atomic E-state index is 10.8. The Labute approximate surface area is 135 Å². The van der Waals surface area contributed by atoms with Crippen LogP contribution in [0.4, 0.5) is 11.4 Å². The van der Waals surface area contributed by atoms with Gasteiger partial charge in [-0.25, -0.2) is 4.99 Å². The predicted molar refractivity (Wildman–Crippen MR) is 91.2 cm³/mol. The Morgan fingerprint density at radius 3 is 2.22 bits per heavy atom. The molecule has 0 saturated carbocycles. The van der Waals surface area contributed by atoms with Crippen LogP contribution in [0, 0.1) is 10.1 Å². The summed E-state index contributed by atoms with van der Waals surface area (Å²) >= 11 is 0. The van der Waals surface area contributed by atoms with E-state index in [9.17, 15) is 10.1 Å². The van der Waals surface area contributed by atoms with Gasteiger partial charge in [0.1, 0.15) is 5.84 Å². The van der Waals surface area contributed by atoms with E-state index in [4.69, 9.17) is 4.99 Å². The number of hydrogen-bond acceptors (Lipinski definition) is 3. The highest BCUT2D eigenvalue weighted by Crippen LogP contribution is 2.20. The Bertz CT molecular complexity index is 690. The highest BCUT2D eigenvalue weighted by Gasteiger charge is 2.17. The van der Waals surface area contributed by atoms with E-state index in [0.717, 1.165) is 43.0 Å². The topological polar surface area (TPSA) is 58.7 Å². The maximum Gasteiger partial charge on any atom is 0.269 e. The minimum absolute atomic E-state index is 0.103. The van der Waals surface area contributed by atoms with E-state index in [-0.39, 0.29) is 10.6 Å². The molecule has 1 aliphatic heterocycles. The normalized spacial score (nSPS) is 15.5. The summed E-state index contributed by atoms with van der Waals surface area (Å²) in [5.74, 6) is 0.894. The highest BCUT2D eigenvalue weighted by molar-refractivity contribution is 6.00. The molecular formula is C18H19N3O2. The van der Waals surface area contributed by atoms with E-state index >= 15 is 0 Å². The van der Waals surface area contributed by atoms with Crippen molar-refractivity contribution in [1.29, 1.82) is 0 Å². The summed E-state index contributed by atoms with van der Waals surface area (Å²) in [7, 11) is 0. The van der Waals surface area contributed by atoms with Gasteiger partial charge in [-0.3, -0.25) is 10.1 Å². The number of piperidine rings is 1. The Balaban J connectivity index is 1.97.